The number of aliphatic imine (C=N–C) groups is 1. The van der Waals surface area contributed by atoms with Crippen molar-refractivity contribution in [2.75, 3.05) is 5.32 Å². The summed E-state index contributed by atoms with van der Waals surface area (Å²) in [7, 11) is 0. The number of rotatable bonds is 6. The minimum atomic E-state index is -0.0834. The number of aromatic nitrogens is 1. The lowest BCUT2D eigenvalue weighted by Crippen LogP contribution is -2.14. The Hall–Kier alpha value is -3.47. The minimum absolute atomic E-state index is 0.0518. The maximum atomic E-state index is 12.7. The van der Waals surface area contributed by atoms with Crippen molar-refractivity contribution in [1.29, 1.82) is 0 Å². The molecule has 30 heavy (non-hydrogen) atoms. The van der Waals surface area contributed by atoms with Gasteiger partial charge in [0, 0.05) is 30.3 Å². The third-order valence-corrected chi connectivity index (χ3v) is 5.40. The Bertz CT molecular complexity index is 1110. The van der Waals surface area contributed by atoms with Crippen LogP contribution in [-0.2, 0) is 11.2 Å². The molecule has 0 saturated heterocycles. The van der Waals surface area contributed by atoms with Gasteiger partial charge in [-0.05, 0) is 43.9 Å². The molecule has 5 nitrogen and oxygen atoms in total. The average Bonchev–Trinajstić information content (AvgIpc) is 3.17. The van der Waals surface area contributed by atoms with Crippen LogP contribution in [0.5, 0.6) is 0 Å². The van der Waals surface area contributed by atoms with Crippen molar-refractivity contribution in [3.8, 4) is 11.3 Å². The lowest BCUT2D eigenvalue weighted by Gasteiger charge is -2.14. The fourth-order valence-corrected chi connectivity index (χ4v) is 3.74. The van der Waals surface area contributed by atoms with Gasteiger partial charge in [-0.15, -0.1) is 0 Å². The van der Waals surface area contributed by atoms with E-state index in [0.29, 0.717) is 18.7 Å². The van der Waals surface area contributed by atoms with Gasteiger partial charge in [-0.3, -0.25) is 15.1 Å². The number of hydrogen-bond donors (Lipinski definition) is 1. The van der Waals surface area contributed by atoms with E-state index in [9.17, 15) is 4.79 Å². The second-order valence-electron chi connectivity index (χ2n) is 7.63. The number of allylic oxidation sites excluding steroid dienone is 1. The van der Waals surface area contributed by atoms with E-state index in [1.165, 1.54) is 11.1 Å². The first-order valence-corrected chi connectivity index (χ1v) is 10.2. The number of benzene rings is 2. The Labute approximate surface area is 176 Å². The normalized spacial score (nSPS) is 15.3. The van der Waals surface area contributed by atoms with E-state index >= 15 is 0 Å². The average molecular weight is 399 g/mol. The molecule has 0 saturated carbocycles. The molecule has 5 heteroatoms. The summed E-state index contributed by atoms with van der Waals surface area (Å²) in [6, 6.07) is 16.3. The van der Waals surface area contributed by atoms with Crippen LogP contribution in [0.1, 0.15) is 41.0 Å². The fourth-order valence-electron chi connectivity index (χ4n) is 3.74. The molecule has 0 bridgehead atoms. The molecular weight excluding hydrogens is 374 g/mol. The summed E-state index contributed by atoms with van der Waals surface area (Å²) < 4.78 is 5.63. The van der Waals surface area contributed by atoms with Gasteiger partial charge in [0.25, 0.3) is 0 Å². The molecule has 0 radical (unpaired) electrons. The van der Waals surface area contributed by atoms with E-state index in [1.54, 1.807) is 6.20 Å². The van der Waals surface area contributed by atoms with E-state index in [1.807, 2.05) is 49.5 Å². The molecule has 1 aromatic heterocycles. The van der Waals surface area contributed by atoms with Gasteiger partial charge in [-0.2, -0.15) is 0 Å². The van der Waals surface area contributed by atoms with Crippen molar-refractivity contribution in [2.45, 2.75) is 39.0 Å². The van der Waals surface area contributed by atoms with Crippen LogP contribution in [-0.4, -0.2) is 17.3 Å². The summed E-state index contributed by atoms with van der Waals surface area (Å²) in [5.74, 6) is 0.391. The summed E-state index contributed by atoms with van der Waals surface area (Å²) in [5.41, 5.74) is 6.15. The monoisotopic (exact) mass is 399 g/mol. The van der Waals surface area contributed by atoms with Crippen molar-refractivity contribution in [1.82, 2.24) is 5.16 Å². The molecule has 1 N–H and O–H groups in total. The number of anilines is 1. The zero-order valence-corrected chi connectivity index (χ0v) is 17.3. The molecule has 1 aliphatic rings. The van der Waals surface area contributed by atoms with Crippen molar-refractivity contribution in [3.05, 3.63) is 83.1 Å². The number of amides is 1. The second kappa shape index (κ2) is 8.91. The SMILES string of the molecule is Cc1cccc(-c2noc(NC(=O)CCc3ccccc3C)c2C2C=CN=CC2)c1. The van der Waals surface area contributed by atoms with Crippen LogP contribution in [0.3, 0.4) is 0 Å². The Morgan fingerprint density at radius 1 is 1.17 bits per heavy atom. The highest BCUT2D eigenvalue weighted by atomic mass is 16.5. The third kappa shape index (κ3) is 4.40. The van der Waals surface area contributed by atoms with Gasteiger partial charge < -0.3 is 4.52 Å². The predicted molar refractivity (Wildman–Crippen MR) is 120 cm³/mol. The van der Waals surface area contributed by atoms with Crippen LogP contribution in [0.15, 0.2) is 70.3 Å². The van der Waals surface area contributed by atoms with Gasteiger partial charge >= 0.3 is 0 Å². The maximum Gasteiger partial charge on any atom is 0.235 e. The van der Waals surface area contributed by atoms with Gasteiger partial charge in [-0.25, -0.2) is 0 Å². The molecular formula is C25H25N3O2. The Morgan fingerprint density at radius 3 is 2.80 bits per heavy atom. The largest absolute Gasteiger partial charge is 0.337 e. The van der Waals surface area contributed by atoms with E-state index in [-0.39, 0.29) is 11.8 Å². The molecule has 0 spiro atoms. The highest BCUT2D eigenvalue weighted by molar-refractivity contribution is 5.91. The Balaban J connectivity index is 1.58. The van der Waals surface area contributed by atoms with E-state index < -0.39 is 0 Å². The highest BCUT2D eigenvalue weighted by Crippen LogP contribution is 2.38. The van der Waals surface area contributed by atoms with Crippen LogP contribution >= 0.6 is 0 Å². The van der Waals surface area contributed by atoms with Gasteiger partial charge in [0.1, 0.15) is 5.69 Å². The van der Waals surface area contributed by atoms with E-state index in [0.717, 1.165) is 28.8 Å². The first-order chi connectivity index (χ1) is 14.6. The van der Waals surface area contributed by atoms with Gasteiger partial charge in [-0.1, -0.05) is 59.3 Å². The summed E-state index contributed by atoms with van der Waals surface area (Å²) in [6.45, 7) is 4.11. The first-order valence-electron chi connectivity index (χ1n) is 10.2. The number of aryl methyl sites for hydroxylation is 3. The number of hydrogen-bond acceptors (Lipinski definition) is 4. The molecule has 2 heterocycles. The van der Waals surface area contributed by atoms with Crippen molar-refractivity contribution in [3.63, 3.8) is 0 Å². The third-order valence-electron chi connectivity index (χ3n) is 5.40. The quantitative estimate of drug-likeness (QED) is 0.586. The van der Waals surface area contributed by atoms with E-state index in [4.69, 9.17) is 4.52 Å². The van der Waals surface area contributed by atoms with Crippen molar-refractivity contribution >= 4 is 18.0 Å². The lowest BCUT2D eigenvalue weighted by molar-refractivity contribution is -0.116. The van der Waals surface area contributed by atoms with Crippen LogP contribution in [0.4, 0.5) is 5.88 Å². The second-order valence-corrected chi connectivity index (χ2v) is 7.63. The van der Waals surface area contributed by atoms with E-state index in [2.05, 4.69) is 40.6 Å². The molecule has 1 unspecified atom stereocenters. The number of carbonyl (C=O) groups excluding carboxylic acids is 1. The summed E-state index contributed by atoms with van der Waals surface area (Å²) in [4.78, 5) is 16.9. The summed E-state index contributed by atoms with van der Waals surface area (Å²) >= 11 is 0. The molecule has 1 amide bonds. The molecule has 4 rings (SSSR count). The predicted octanol–water partition coefficient (Wildman–Crippen LogP) is 5.60. The molecule has 152 valence electrons. The Kier molecular flexibility index (Phi) is 5.89. The zero-order valence-electron chi connectivity index (χ0n) is 17.3. The fraction of sp³-hybridized carbons (Fsp3) is 0.240. The zero-order chi connectivity index (χ0) is 20.9. The van der Waals surface area contributed by atoms with Crippen LogP contribution in [0.25, 0.3) is 11.3 Å². The molecule has 1 atom stereocenters. The van der Waals surface area contributed by atoms with Gasteiger partial charge in [0.2, 0.25) is 11.8 Å². The van der Waals surface area contributed by atoms with Crippen LogP contribution < -0.4 is 5.32 Å². The lowest BCUT2D eigenvalue weighted by atomic mass is 9.92. The van der Waals surface area contributed by atoms with Crippen molar-refractivity contribution in [2.24, 2.45) is 4.99 Å². The topological polar surface area (TPSA) is 67.5 Å². The standard InChI is InChI=1S/C25H25N3O2/c1-17-6-5-9-21(16-17)24-23(20-12-14-26-15-13-20)25(30-28-24)27-22(29)11-10-19-8-4-3-7-18(19)2/h3-9,12,14-16,20H,10-11,13H2,1-2H3,(H,27,29). The molecule has 0 fully saturated rings. The molecule has 3 aromatic rings. The van der Waals surface area contributed by atoms with Crippen LogP contribution in [0, 0.1) is 13.8 Å². The first kappa shape index (κ1) is 19.8. The Morgan fingerprint density at radius 2 is 2.03 bits per heavy atom. The van der Waals surface area contributed by atoms with Crippen molar-refractivity contribution < 1.29 is 9.32 Å². The number of carbonyl (C=O) groups is 1. The maximum absolute atomic E-state index is 12.7. The number of nitrogens with zero attached hydrogens (tertiary/aromatic N) is 2. The molecule has 2 aromatic carbocycles. The summed E-state index contributed by atoms with van der Waals surface area (Å²) in [6.07, 6.45) is 7.49. The molecule has 1 aliphatic heterocycles. The smallest absolute Gasteiger partial charge is 0.235 e. The van der Waals surface area contributed by atoms with Gasteiger partial charge in [0.15, 0.2) is 0 Å². The minimum Gasteiger partial charge on any atom is -0.337 e. The highest BCUT2D eigenvalue weighted by Gasteiger charge is 2.25. The van der Waals surface area contributed by atoms with Gasteiger partial charge in [0.05, 0.1) is 5.56 Å². The molecule has 0 aliphatic carbocycles. The number of nitrogens with one attached hydrogen (secondary N) is 1. The summed E-state index contributed by atoms with van der Waals surface area (Å²) in [5, 5.41) is 7.28. The van der Waals surface area contributed by atoms with Crippen LogP contribution in [0.2, 0.25) is 0 Å².